The molecule has 1 rings (SSSR count). The van der Waals surface area contributed by atoms with Crippen molar-refractivity contribution >= 4 is 0 Å². The number of hydrogen-bond acceptors (Lipinski definition) is 2. The van der Waals surface area contributed by atoms with Crippen LogP contribution in [0.2, 0.25) is 0 Å². The second-order valence-electron chi connectivity index (χ2n) is 5.44. The molecule has 1 aromatic carbocycles. The second-order valence-corrected chi connectivity index (χ2v) is 5.44. The predicted octanol–water partition coefficient (Wildman–Crippen LogP) is 3.39. The Kier molecular flexibility index (Phi) is 4.36. The van der Waals surface area contributed by atoms with E-state index in [-0.39, 0.29) is 0 Å². The lowest BCUT2D eigenvalue weighted by Crippen LogP contribution is -2.29. The first-order chi connectivity index (χ1) is 7.42. The summed E-state index contributed by atoms with van der Waals surface area (Å²) in [5.74, 6) is 0.909. The molecule has 90 valence electrons. The van der Waals surface area contributed by atoms with Gasteiger partial charge in [0, 0.05) is 12.6 Å². The van der Waals surface area contributed by atoms with Gasteiger partial charge in [-0.2, -0.15) is 0 Å². The fourth-order valence-electron chi connectivity index (χ4n) is 1.47. The smallest absolute Gasteiger partial charge is 0.118 e. The molecule has 0 fully saturated rings. The van der Waals surface area contributed by atoms with Crippen molar-refractivity contribution in [2.75, 3.05) is 13.7 Å². The van der Waals surface area contributed by atoms with Crippen LogP contribution in [0.25, 0.3) is 0 Å². The van der Waals surface area contributed by atoms with Gasteiger partial charge in [0.05, 0.1) is 7.11 Å². The molecule has 0 spiro atoms. The quantitative estimate of drug-likeness (QED) is 0.841. The first-order valence-electron chi connectivity index (χ1n) is 5.80. The van der Waals surface area contributed by atoms with E-state index in [1.165, 1.54) is 5.56 Å². The zero-order valence-corrected chi connectivity index (χ0v) is 11.0. The van der Waals surface area contributed by atoms with Crippen molar-refractivity contribution in [1.82, 2.24) is 5.32 Å². The molecule has 16 heavy (non-hydrogen) atoms. The highest BCUT2D eigenvalue weighted by Crippen LogP contribution is 2.19. The van der Waals surface area contributed by atoms with E-state index in [4.69, 9.17) is 4.74 Å². The van der Waals surface area contributed by atoms with Crippen LogP contribution in [0.15, 0.2) is 24.3 Å². The summed E-state index contributed by atoms with van der Waals surface area (Å²) in [6, 6.07) is 8.61. The molecule has 0 aliphatic rings. The number of methoxy groups -OCH3 is 1. The maximum atomic E-state index is 5.14. The molecule has 2 nitrogen and oxygen atoms in total. The number of hydrogen-bond donors (Lipinski definition) is 1. The summed E-state index contributed by atoms with van der Waals surface area (Å²) in [6.07, 6.45) is 0. The molecule has 0 saturated heterocycles. The highest BCUT2D eigenvalue weighted by atomic mass is 16.5. The van der Waals surface area contributed by atoms with Crippen molar-refractivity contribution in [3.05, 3.63) is 29.8 Å². The highest BCUT2D eigenvalue weighted by Gasteiger charge is 2.12. The Morgan fingerprint density at radius 2 is 1.75 bits per heavy atom. The van der Waals surface area contributed by atoms with Gasteiger partial charge in [0.25, 0.3) is 0 Å². The van der Waals surface area contributed by atoms with E-state index in [1.807, 2.05) is 12.1 Å². The molecular formula is C14H23NO. The van der Waals surface area contributed by atoms with Crippen molar-refractivity contribution < 1.29 is 4.74 Å². The Bertz CT molecular complexity index is 311. The van der Waals surface area contributed by atoms with Crippen LogP contribution in [-0.4, -0.2) is 13.7 Å². The first kappa shape index (κ1) is 13.0. The average Bonchev–Trinajstić information content (AvgIpc) is 2.25. The average molecular weight is 221 g/mol. The second kappa shape index (κ2) is 5.35. The third kappa shape index (κ3) is 4.23. The lowest BCUT2D eigenvalue weighted by atomic mass is 9.96. The minimum absolute atomic E-state index is 0.320. The third-order valence-corrected chi connectivity index (χ3v) is 2.55. The molecule has 0 aliphatic heterocycles. The summed E-state index contributed by atoms with van der Waals surface area (Å²) in [4.78, 5) is 0. The standard InChI is InChI=1S/C14H23NO/c1-11(15-10-14(2,3)4)12-6-8-13(16-5)9-7-12/h6-9,11,15H,10H2,1-5H3/t11-/m0/s1. The van der Waals surface area contributed by atoms with Gasteiger partial charge in [-0.15, -0.1) is 0 Å². The molecule has 0 saturated carbocycles. The minimum atomic E-state index is 0.320. The minimum Gasteiger partial charge on any atom is -0.497 e. The van der Waals surface area contributed by atoms with Crippen LogP contribution in [0.3, 0.4) is 0 Å². The Balaban J connectivity index is 2.56. The number of rotatable bonds is 4. The molecule has 1 aromatic rings. The van der Waals surface area contributed by atoms with E-state index in [1.54, 1.807) is 7.11 Å². The topological polar surface area (TPSA) is 21.3 Å². The molecule has 0 aliphatic carbocycles. The molecule has 0 amide bonds. The molecule has 1 N–H and O–H groups in total. The van der Waals surface area contributed by atoms with Crippen LogP contribution in [0.4, 0.5) is 0 Å². The molecule has 0 bridgehead atoms. The Labute approximate surface area is 99.0 Å². The zero-order chi connectivity index (χ0) is 12.2. The first-order valence-corrected chi connectivity index (χ1v) is 5.80. The van der Waals surface area contributed by atoms with Gasteiger partial charge in [0.2, 0.25) is 0 Å². The predicted molar refractivity (Wildman–Crippen MR) is 68.9 cm³/mol. The van der Waals surface area contributed by atoms with Gasteiger partial charge in [-0.3, -0.25) is 0 Å². The SMILES string of the molecule is COc1ccc([C@H](C)NCC(C)(C)C)cc1. The van der Waals surface area contributed by atoms with E-state index >= 15 is 0 Å². The van der Waals surface area contributed by atoms with Crippen LogP contribution in [0.5, 0.6) is 5.75 Å². The summed E-state index contributed by atoms with van der Waals surface area (Å²) in [7, 11) is 1.69. The monoisotopic (exact) mass is 221 g/mol. The van der Waals surface area contributed by atoms with Gasteiger partial charge < -0.3 is 10.1 Å². The van der Waals surface area contributed by atoms with Crippen LogP contribution in [0, 0.1) is 5.41 Å². The van der Waals surface area contributed by atoms with Gasteiger partial charge in [0.1, 0.15) is 5.75 Å². The maximum absolute atomic E-state index is 5.14. The zero-order valence-electron chi connectivity index (χ0n) is 11.0. The highest BCUT2D eigenvalue weighted by molar-refractivity contribution is 5.28. The molecular weight excluding hydrogens is 198 g/mol. The van der Waals surface area contributed by atoms with E-state index in [2.05, 4.69) is 45.1 Å². The van der Waals surface area contributed by atoms with Gasteiger partial charge in [-0.25, -0.2) is 0 Å². The van der Waals surface area contributed by atoms with Crippen LogP contribution >= 0.6 is 0 Å². The van der Waals surface area contributed by atoms with Gasteiger partial charge in [-0.1, -0.05) is 32.9 Å². The Hall–Kier alpha value is -1.02. The number of ether oxygens (including phenoxy) is 1. The fraction of sp³-hybridized carbons (Fsp3) is 0.571. The van der Waals surface area contributed by atoms with Crippen LogP contribution in [0.1, 0.15) is 39.3 Å². The lowest BCUT2D eigenvalue weighted by molar-refractivity contribution is 0.359. The summed E-state index contributed by atoms with van der Waals surface area (Å²) in [5, 5.41) is 3.54. The van der Waals surface area contributed by atoms with Crippen molar-refractivity contribution in [1.29, 1.82) is 0 Å². The Morgan fingerprint density at radius 3 is 2.19 bits per heavy atom. The van der Waals surface area contributed by atoms with Crippen molar-refractivity contribution in [3.8, 4) is 5.75 Å². The molecule has 0 heterocycles. The van der Waals surface area contributed by atoms with E-state index in [0.29, 0.717) is 11.5 Å². The van der Waals surface area contributed by atoms with E-state index in [0.717, 1.165) is 12.3 Å². The van der Waals surface area contributed by atoms with Gasteiger partial charge >= 0.3 is 0 Å². The third-order valence-electron chi connectivity index (χ3n) is 2.55. The molecule has 0 radical (unpaired) electrons. The fourth-order valence-corrected chi connectivity index (χ4v) is 1.47. The lowest BCUT2D eigenvalue weighted by Gasteiger charge is -2.23. The van der Waals surface area contributed by atoms with Crippen molar-refractivity contribution in [3.63, 3.8) is 0 Å². The number of benzene rings is 1. The van der Waals surface area contributed by atoms with Crippen molar-refractivity contribution in [2.24, 2.45) is 5.41 Å². The summed E-state index contributed by atoms with van der Waals surface area (Å²) < 4.78 is 5.14. The normalized spacial score (nSPS) is 13.6. The molecule has 0 unspecified atom stereocenters. The summed E-state index contributed by atoms with van der Waals surface area (Å²) >= 11 is 0. The van der Waals surface area contributed by atoms with E-state index in [9.17, 15) is 0 Å². The summed E-state index contributed by atoms with van der Waals surface area (Å²) in [6.45, 7) is 9.91. The van der Waals surface area contributed by atoms with E-state index < -0.39 is 0 Å². The molecule has 2 heteroatoms. The van der Waals surface area contributed by atoms with Gasteiger partial charge in [0.15, 0.2) is 0 Å². The molecule has 0 aromatic heterocycles. The van der Waals surface area contributed by atoms with Crippen LogP contribution in [-0.2, 0) is 0 Å². The number of nitrogens with one attached hydrogen (secondary N) is 1. The summed E-state index contributed by atoms with van der Waals surface area (Å²) in [5.41, 5.74) is 1.62. The Morgan fingerprint density at radius 1 is 1.19 bits per heavy atom. The molecule has 1 atom stereocenters. The van der Waals surface area contributed by atoms with Crippen molar-refractivity contribution in [2.45, 2.75) is 33.7 Å². The largest absolute Gasteiger partial charge is 0.497 e. The van der Waals surface area contributed by atoms with Gasteiger partial charge in [-0.05, 0) is 30.0 Å². The maximum Gasteiger partial charge on any atom is 0.118 e. The van der Waals surface area contributed by atoms with Crippen LogP contribution < -0.4 is 10.1 Å².